The van der Waals surface area contributed by atoms with Crippen LogP contribution in [0.15, 0.2) is 18.3 Å². The second-order valence-corrected chi connectivity index (χ2v) is 6.59. The van der Waals surface area contributed by atoms with Gasteiger partial charge in [0.2, 0.25) is 0 Å². The van der Waals surface area contributed by atoms with Gasteiger partial charge in [-0.2, -0.15) is 0 Å². The molecule has 0 aromatic carbocycles. The maximum absolute atomic E-state index is 13.0. The largest absolute Gasteiger partial charge is 0.356 e. The van der Waals surface area contributed by atoms with E-state index in [1.165, 1.54) is 6.42 Å². The summed E-state index contributed by atoms with van der Waals surface area (Å²) in [5.74, 6) is 1.81. The second kappa shape index (κ2) is 5.54. The van der Waals surface area contributed by atoms with Crippen LogP contribution >= 0.6 is 0 Å². The lowest BCUT2D eigenvalue weighted by atomic mass is 10.1. The van der Waals surface area contributed by atoms with E-state index in [2.05, 4.69) is 19.9 Å². The van der Waals surface area contributed by atoms with E-state index in [0.717, 1.165) is 41.7 Å². The number of rotatable bonds is 2. The number of amides is 1. The average molecular weight is 323 g/mol. The number of nitrogens with zero attached hydrogens (tertiary/aromatic N) is 5. The van der Waals surface area contributed by atoms with Crippen LogP contribution < -0.4 is 4.90 Å². The summed E-state index contributed by atoms with van der Waals surface area (Å²) in [4.78, 5) is 30.6. The number of anilines is 1. The summed E-state index contributed by atoms with van der Waals surface area (Å²) in [6.07, 6.45) is 2.89. The fraction of sp³-hybridized carbons (Fsp3) is 0.444. The maximum Gasteiger partial charge on any atom is 0.254 e. The monoisotopic (exact) mass is 323 g/mol. The number of fused-ring (bicyclic) bond motifs is 1. The van der Waals surface area contributed by atoms with Crippen molar-refractivity contribution in [2.75, 3.05) is 18.0 Å². The van der Waals surface area contributed by atoms with Gasteiger partial charge < -0.3 is 9.80 Å². The molecule has 4 heterocycles. The predicted molar refractivity (Wildman–Crippen MR) is 90.9 cm³/mol. The molecule has 1 saturated heterocycles. The number of carbonyl (C=O) groups is 1. The molecule has 1 fully saturated rings. The minimum atomic E-state index is -0.0392. The maximum atomic E-state index is 13.0. The Balaban J connectivity index is 1.69. The minimum absolute atomic E-state index is 0.0261. The van der Waals surface area contributed by atoms with Crippen molar-refractivity contribution in [1.29, 1.82) is 0 Å². The Kier molecular flexibility index (Phi) is 3.48. The van der Waals surface area contributed by atoms with Crippen molar-refractivity contribution in [2.45, 2.75) is 39.8 Å². The fourth-order valence-electron chi connectivity index (χ4n) is 3.44. The molecule has 0 saturated carbocycles. The van der Waals surface area contributed by atoms with Crippen molar-refractivity contribution < 1.29 is 4.79 Å². The molecule has 24 heavy (non-hydrogen) atoms. The zero-order chi connectivity index (χ0) is 16.8. The van der Waals surface area contributed by atoms with Crippen LogP contribution in [0.1, 0.15) is 52.5 Å². The minimum Gasteiger partial charge on any atom is -0.356 e. The van der Waals surface area contributed by atoms with Crippen molar-refractivity contribution in [1.82, 2.24) is 19.9 Å². The molecule has 1 amide bonds. The molecule has 0 aliphatic carbocycles. The van der Waals surface area contributed by atoms with Gasteiger partial charge in [-0.05, 0) is 39.3 Å². The van der Waals surface area contributed by atoms with Gasteiger partial charge in [0.15, 0.2) is 0 Å². The van der Waals surface area contributed by atoms with Crippen molar-refractivity contribution >= 4 is 11.7 Å². The van der Waals surface area contributed by atoms with Gasteiger partial charge in [-0.25, -0.2) is 9.97 Å². The van der Waals surface area contributed by atoms with Gasteiger partial charge in [0.1, 0.15) is 11.6 Å². The highest BCUT2D eigenvalue weighted by atomic mass is 16.2. The third kappa shape index (κ3) is 2.33. The standard InChI is InChI=1S/C18H21N5O/c1-11-9-14(5-6-19-11)18(24)23-10-15-16(12(23)2)20-13(3)21-17(15)22-7-4-8-22/h5-6,9,12H,4,7-8,10H2,1-3H3. The Morgan fingerprint density at radius 1 is 1.25 bits per heavy atom. The van der Waals surface area contributed by atoms with Crippen LogP contribution in [0.4, 0.5) is 5.82 Å². The summed E-state index contributed by atoms with van der Waals surface area (Å²) in [7, 11) is 0. The predicted octanol–water partition coefficient (Wildman–Crippen LogP) is 2.42. The smallest absolute Gasteiger partial charge is 0.254 e. The van der Waals surface area contributed by atoms with Crippen molar-refractivity contribution in [2.24, 2.45) is 0 Å². The Bertz CT molecular complexity index is 815. The summed E-state index contributed by atoms with van der Waals surface area (Å²) in [5.41, 5.74) is 3.62. The topological polar surface area (TPSA) is 62.2 Å². The lowest BCUT2D eigenvalue weighted by molar-refractivity contribution is 0.0703. The number of aromatic nitrogens is 3. The zero-order valence-electron chi connectivity index (χ0n) is 14.3. The molecular weight excluding hydrogens is 302 g/mol. The van der Waals surface area contributed by atoms with Gasteiger partial charge >= 0.3 is 0 Å². The summed E-state index contributed by atoms with van der Waals surface area (Å²) in [5, 5.41) is 0. The molecule has 0 bridgehead atoms. The molecule has 0 N–H and O–H groups in total. The van der Waals surface area contributed by atoms with E-state index in [-0.39, 0.29) is 11.9 Å². The van der Waals surface area contributed by atoms with Crippen LogP contribution in [0.5, 0.6) is 0 Å². The molecule has 124 valence electrons. The zero-order valence-corrected chi connectivity index (χ0v) is 14.3. The van der Waals surface area contributed by atoms with Crippen LogP contribution in [0, 0.1) is 13.8 Å². The van der Waals surface area contributed by atoms with Crippen LogP contribution in [-0.2, 0) is 6.54 Å². The van der Waals surface area contributed by atoms with Gasteiger partial charge in [0, 0.05) is 36.1 Å². The van der Waals surface area contributed by atoms with E-state index in [1.807, 2.05) is 31.7 Å². The van der Waals surface area contributed by atoms with E-state index in [4.69, 9.17) is 0 Å². The van der Waals surface area contributed by atoms with Gasteiger partial charge in [-0.15, -0.1) is 0 Å². The third-order valence-corrected chi connectivity index (χ3v) is 4.88. The van der Waals surface area contributed by atoms with Crippen LogP contribution in [-0.4, -0.2) is 38.8 Å². The lowest BCUT2D eigenvalue weighted by Gasteiger charge is -2.33. The SMILES string of the molecule is Cc1cc(C(=O)N2Cc3c(nc(C)nc3N3CCC3)C2C)ccn1. The second-order valence-electron chi connectivity index (χ2n) is 6.59. The number of hydrogen-bond acceptors (Lipinski definition) is 5. The Labute approximate surface area is 141 Å². The van der Waals surface area contributed by atoms with Crippen LogP contribution in [0.2, 0.25) is 0 Å². The highest BCUT2D eigenvalue weighted by molar-refractivity contribution is 5.95. The van der Waals surface area contributed by atoms with Gasteiger partial charge in [-0.3, -0.25) is 9.78 Å². The Morgan fingerprint density at radius 2 is 2.04 bits per heavy atom. The third-order valence-electron chi connectivity index (χ3n) is 4.88. The summed E-state index contributed by atoms with van der Waals surface area (Å²) >= 11 is 0. The molecule has 0 spiro atoms. The summed E-state index contributed by atoms with van der Waals surface area (Å²) < 4.78 is 0. The van der Waals surface area contributed by atoms with E-state index in [1.54, 1.807) is 12.3 Å². The molecule has 2 aromatic heterocycles. The van der Waals surface area contributed by atoms with E-state index in [0.29, 0.717) is 12.1 Å². The quantitative estimate of drug-likeness (QED) is 0.849. The number of aryl methyl sites for hydroxylation is 2. The summed E-state index contributed by atoms with van der Waals surface area (Å²) in [6.45, 7) is 8.51. The first-order valence-electron chi connectivity index (χ1n) is 8.40. The highest BCUT2D eigenvalue weighted by Gasteiger charge is 2.36. The molecule has 0 radical (unpaired) electrons. The van der Waals surface area contributed by atoms with Gasteiger partial charge in [-0.1, -0.05) is 0 Å². The molecule has 2 aromatic rings. The average Bonchev–Trinajstić information content (AvgIpc) is 2.82. The van der Waals surface area contributed by atoms with Crippen LogP contribution in [0.3, 0.4) is 0 Å². The van der Waals surface area contributed by atoms with E-state index in [9.17, 15) is 4.79 Å². The van der Waals surface area contributed by atoms with Crippen molar-refractivity contribution in [3.05, 3.63) is 46.7 Å². The van der Waals surface area contributed by atoms with E-state index < -0.39 is 0 Å². The molecule has 1 unspecified atom stereocenters. The van der Waals surface area contributed by atoms with Crippen molar-refractivity contribution in [3.8, 4) is 0 Å². The summed E-state index contributed by atoms with van der Waals surface area (Å²) in [6, 6.07) is 3.58. The molecule has 1 atom stereocenters. The molecular formula is C18H21N5O. The Morgan fingerprint density at radius 3 is 2.71 bits per heavy atom. The van der Waals surface area contributed by atoms with Crippen LogP contribution in [0.25, 0.3) is 0 Å². The number of carbonyl (C=O) groups excluding carboxylic acids is 1. The number of hydrogen-bond donors (Lipinski definition) is 0. The molecule has 4 rings (SSSR count). The van der Waals surface area contributed by atoms with E-state index >= 15 is 0 Å². The van der Waals surface area contributed by atoms with Crippen molar-refractivity contribution in [3.63, 3.8) is 0 Å². The highest BCUT2D eigenvalue weighted by Crippen LogP contribution is 2.38. The first-order chi connectivity index (χ1) is 11.5. The lowest BCUT2D eigenvalue weighted by Crippen LogP contribution is -2.38. The van der Waals surface area contributed by atoms with Gasteiger partial charge in [0.25, 0.3) is 5.91 Å². The molecule has 6 heteroatoms. The molecule has 2 aliphatic heterocycles. The first kappa shape index (κ1) is 15.1. The first-order valence-corrected chi connectivity index (χ1v) is 8.40. The Hall–Kier alpha value is -2.50. The normalized spacial score (nSPS) is 19.2. The molecule has 6 nitrogen and oxygen atoms in total. The molecule has 2 aliphatic rings. The number of pyridine rings is 1. The fourth-order valence-corrected chi connectivity index (χ4v) is 3.44. The van der Waals surface area contributed by atoms with Gasteiger partial charge in [0.05, 0.1) is 18.3 Å².